The standard InChI is InChI=1S/C25H18N4O7S/c1-35-16-6-3-7-17(36-2)19(16)22(30)20-21(13-5-4-10-26-12-13)28(24(32)23(20)31)25-27-15-9-8-14(29(33)34)11-18(15)37-25/h3-12,21,30H,1-2H3/b22-20+. The van der Waals surface area contributed by atoms with Gasteiger partial charge < -0.3 is 14.6 Å². The zero-order chi connectivity index (χ0) is 26.3. The van der Waals surface area contributed by atoms with Gasteiger partial charge in [-0.25, -0.2) is 4.98 Å². The molecule has 3 heterocycles. The molecular formula is C25H18N4O7S. The third kappa shape index (κ3) is 3.93. The molecule has 0 bridgehead atoms. The largest absolute Gasteiger partial charge is 0.506 e. The Bertz CT molecular complexity index is 1580. The summed E-state index contributed by atoms with van der Waals surface area (Å²) in [6, 6.07) is 11.2. The third-order valence-electron chi connectivity index (χ3n) is 5.89. The number of rotatable bonds is 6. The molecule has 1 unspecified atom stereocenters. The minimum atomic E-state index is -1.08. The van der Waals surface area contributed by atoms with E-state index < -0.39 is 28.4 Å². The molecule has 0 saturated carbocycles. The van der Waals surface area contributed by atoms with Crippen molar-refractivity contribution in [2.75, 3.05) is 19.1 Å². The zero-order valence-electron chi connectivity index (χ0n) is 19.4. The average Bonchev–Trinajstić information content (AvgIpc) is 3.45. The number of benzene rings is 2. The zero-order valence-corrected chi connectivity index (χ0v) is 20.3. The predicted molar refractivity (Wildman–Crippen MR) is 135 cm³/mol. The van der Waals surface area contributed by atoms with E-state index in [0.29, 0.717) is 15.8 Å². The minimum absolute atomic E-state index is 0.110. The van der Waals surface area contributed by atoms with Crippen LogP contribution in [0.25, 0.3) is 16.0 Å². The number of non-ortho nitro benzene ring substituents is 1. The van der Waals surface area contributed by atoms with Crippen molar-refractivity contribution in [1.29, 1.82) is 0 Å². The highest BCUT2D eigenvalue weighted by atomic mass is 32.1. The maximum absolute atomic E-state index is 13.4. The van der Waals surface area contributed by atoms with Crippen LogP contribution in [0.5, 0.6) is 11.5 Å². The van der Waals surface area contributed by atoms with Gasteiger partial charge >= 0.3 is 5.91 Å². The van der Waals surface area contributed by atoms with Crippen molar-refractivity contribution in [2.45, 2.75) is 6.04 Å². The van der Waals surface area contributed by atoms with Gasteiger partial charge in [-0.3, -0.25) is 29.6 Å². The first-order chi connectivity index (χ1) is 17.8. The van der Waals surface area contributed by atoms with E-state index in [1.807, 2.05) is 0 Å². The molecule has 2 aromatic heterocycles. The van der Waals surface area contributed by atoms with Crippen molar-refractivity contribution in [3.8, 4) is 11.5 Å². The molecule has 12 heteroatoms. The van der Waals surface area contributed by atoms with Gasteiger partial charge in [-0.1, -0.05) is 23.5 Å². The van der Waals surface area contributed by atoms with E-state index in [4.69, 9.17) is 9.47 Å². The van der Waals surface area contributed by atoms with Gasteiger partial charge in [-0.2, -0.15) is 0 Å². The Labute approximate surface area is 213 Å². The number of Topliss-reactive ketones (excluding diaryl/α,β-unsaturated/α-hetero) is 1. The summed E-state index contributed by atoms with van der Waals surface area (Å²) < 4.78 is 11.2. The summed E-state index contributed by atoms with van der Waals surface area (Å²) in [7, 11) is 2.81. The third-order valence-corrected chi connectivity index (χ3v) is 6.90. The Kier molecular flexibility index (Phi) is 6.01. The van der Waals surface area contributed by atoms with Crippen LogP contribution in [-0.4, -0.2) is 45.9 Å². The van der Waals surface area contributed by atoms with Crippen molar-refractivity contribution in [2.24, 2.45) is 0 Å². The van der Waals surface area contributed by atoms with Gasteiger partial charge in [0.2, 0.25) is 0 Å². The van der Waals surface area contributed by atoms with Crippen molar-refractivity contribution in [3.63, 3.8) is 0 Å². The second-order valence-electron chi connectivity index (χ2n) is 7.90. The van der Waals surface area contributed by atoms with Gasteiger partial charge in [0.05, 0.1) is 41.0 Å². The number of aliphatic hydroxyl groups is 1. The molecule has 1 amide bonds. The fourth-order valence-electron chi connectivity index (χ4n) is 4.22. The fourth-order valence-corrected chi connectivity index (χ4v) is 5.25. The number of amides is 1. The lowest BCUT2D eigenvalue weighted by atomic mass is 9.95. The first kappa shape index (κ1) is 23.9. The van der Waals surface area contributed by atoms with Gasteiger partial charge in [0, 0.05) is 24.5 Å². The molecular weight excluding hydrogens is 500 g/mol. The van der Waals surface area contributed by atoms with E-state index in [-0.39, 0.29) is 33.5 Å². The fraction of sp³-hybridized carbons (Fsp3) is 0.120. The number of aliphatic hydroxyl groups excluding tert-OH is 1. The van der Waals surface area contributed by atoms with Gasteiger partial charge in [-0.15, -0.1) is 0 Å². The number of aromatic nitrogens is 2. The van der Waals surface area contributed by atoms with E-state index in [2.05, 4.69) is 9.97 Å². The first-order valence-corrected chi connectivity index (χ1v) is 11.6. The topological polar surface area (TPSA) is 145 Å². The lowest BCUT2D eigenvalue weighted by Gasteiger charge is -2.23. The predicted octanol–water partition coefficient (Wildman–Crippen LogP) is 4.24. The summed E-state index contributed by atoms with van der Waals surface area (Å²) in [5.74, 6) is -1.87. The normalized spacial score (nSPS) is 16.8. The molecule has 1 fully saturated rings. The number of pyridine rings is 1. The maximum atomic E-state index is 13.4. The number of hydrogen-bond acceptors (Lipinski definition) is 10. The summed E-state index contributed by atoms with van der Waals surface area (Å²) in [5.41, 5.74) is 0.647. The second-order valence-corrected chi connectivity index (χ2v) is 8.91. The number of thiazole rings is 1. The van der Waals surface area contributed by atoms with Crippen LogP contribution in [-0.2, 0) is 9.59 Å². The van der Waals surface area contributed by atoms with Crippen LogP contribution in [0.15, 0.2) is 66.5 Å². The number of ketones is 1. The Morgan fingerprint density at radius 3 is 2.46 bits per heavy atom. The van der Waals surface area contributed by atoms with E-state index >= 15 is 0 Å². The van der Waals surface area contributed by atoms with Crippen molar-refractivity contribution in [1.82, 2.24) is 9.97 Å². The number of ether oxygens (including phenoxy) is 2. The molecule has 0 spiro atoms. The molecule has 0 aliphatic carbocycles. The van der Waals surface area contributed by atoms with Crippen molar-refractivity contribution in [3.05, 3.63) is 87.7 Å². The van der Waals surface area contributed by atoms with E-state index in [9.17, 15) is 24.8 Å². The second kappa shape index (κ2) is 9.32. The summed E-state index contributed by atoms with van der Waals surface area (Å²) in [4.78, 5) is 47.3. The number of nitrogens with zero attached hydrogens (tertiary/aromatic N) is 4. The van der Waals surface area contributed by atoms with Crippen LogP contribution >= 0.6 is 11.3 Å². The number of nitro benzene ring substituents is 1. The van der Waals surface area contributed by atoms with Crippen LogP contribution in [0.3, 0.4) is 0 Å². The van der Waals surface area contributed by atoms with Gasteiger partial charge in [-0.05, 0) is 29.8 Å². The Morgan fingerprint density at radius 1 is 1.11 bits per heavy atom. The van der Waals surface area contributed by atoms with Crippen LogP contribution in [0, 0.1) is 10.1 Å². The molecule has 1 N–H and O–H groups in total. The molecule has 4 aromatic rings. The van der Waals surface area contributed by atoms with E-state index in [0.717, 1.165) is 11.3 Å². The molecule has 2 aromatic carbocycles. The maximum Gasteiger partial charge on any atom is 0.301 e. The highest BCUT2D eigenvalue weighted by Crippen LogP contribution is 2.46. The Balaban J connectivity index is 1.75. The van der Waals surface area contributed by atoms with Gasteiger partial charge in [0.1, 0.15) is 22.8 Å². The highest BCUT2D eigenvalue weighted by Gasteiger charge is 2.48. The number of fused-ring (bicyclic) bond motifs is 1. The molecule has 1 aliphatic heterocycles. The van der Waals surface area contributed by atoms with Crippen LogP contribution < -0.4 is 14.4 Å². The summed E-state index contributed by atoms with van der Waals surface area (Å²) in [6.07, 6.45) is 3.02. The summed E-state index contributed by atoms with van der Waals surface area (Å²) in [6.45, 7) is 0. The lowest BCUT2D eigenvalue weighted by molar-refractivity contribution is -0.384. The van der Waals surface area contributed by atoms with Crippen LogP contribution in [0.2, 0.25) is 0 Å². The Hall–Kier alpha value is -4.84. The van der Waals surface area contributed by atoms with Gasteiger partial charge in [0.25, 0.3) is 11.5 Å². The summed E-state index contributed by atoms with van der Waals surface area (Å²) in [5, 5.41) is 22.8. The number of nitro groups is 1. The monoisotopic (exact) mass is 518 g/mol. The lowest BCUT2D eigenvalue weighted by Crippen LogP contribution is -2.29. The smallest absolute Gasteiger partial charge is 0.301 e. The first-order valence-electron chi connectivity index (χ1n) is 10.8. The van der Waals surface area contributed by atoms with Gasteiger partial charge in [0.15, 0.2) is 5.13 Å². The molecule has 5 rings (SSSR count). The number of carbonyl (C=O) groups is 2. The molecule has 1 aliphatic rings. The average molecular weight is 519 g/mol. The summed E-state index contributed by atoms with van der Waals surface area (Å²) >= 11 is 1.02. The quantitative estimate of drug-likeness (QED) is 0.130. The Morgan fingerprint density at radius 2 is 1.84 bits per heavy atom. The molecule has 1 saturated heterocycles. The minimum Gasteiger partial charge on any atom is -0.506 e. The number of anilines is 1. The number of hydrogen-bond donors (Lipinski definition) is 1. The SMILES string of the molecule is COc1cccc(OC)c1/C(O)=C1\C(=O)C(=O)N(c2nc3ccc([N+](=O)[O-])cc3s2)C1c1cccnc1. The van der Waals surface area contributed by atoms with E-state index in [1.54, 1.807) is 30.3 Å². The molecule has 0 radical (unpaired) electrons. The van der Waals surface area contributed by atoms with Crippen LogP contribution in [0.4, 0.5) is 10.8 Å². The van der Waals surface area contributed by atoms with E-state index in [1.165, 1.54) is 49.7 Å². The highest BCUT2D eigenvalue weighted by molar-refractivity contribution is 7.22. The molecule has 1 atom stereocenters. The number of carbonyl (C=O) groups excluding carboxylic acids is 2. The number of methoxy groups -OCH3 is 2. The van der Waals surface area contributed by atoms with Crippen LogP contribution in [0.1, 0.15) is 17.2 Å². The van der Waals surface area contributed by atoms with Crippen molar-refractivity contribution >= 4 is 49.8 Å². The molecule has 11 nitrogen and oxygen atoms in total. The van der Waals surface area contributed by atoms with Crippen molar-refractivity contribution < 1.29 is 29.1 Å². The molecule has 186 valence electrons. The molecule has 37 heavy (non-hydrogen) atoms.